The molecule has 0 aliphatic carbocycles. The van der Waals surface area contributed by atoms with Crippen LogP contribution in [0.4, 0.5) is 10.5 Å². The number of amides is 1. The second-order valence-corrected chi connectivity index (χ2v) is 4.50. The van der Waals surface area contributed by atoms with Gasteiger partial charge < -0.3 is 4.74 Å². The molecule has 2 rings (SSSR count). The highest BCUT2D eigenvalue weighted by atomic mass is 16.6. The van der Waals surface area contributed by atoms with Crippen LogP contribution in [0, 0.1) is 6.92 Å². The molecule has 0 fully saturated rings. The molecule has 1 amide bonds. The van der Waals surface area contributed by atoms with Crippen molar-refractivity contribution >= 4 is 22.6 Å². The molecule has 0 bridgehead atoms. The predicted molar refractivity (Wildman–Crippen MR) is 85.2 cm³/mol. The van der Waals surface area contributed by atoms with E-state index in [1.165, 1.54) is 0 Å². The predicted octanol–water partition coefficient (Wildman–Crippen LogP) is 4.57. The maximum atomic E-state index is 12.0. The molecule has 0 aliphatic heterocycles. The molecule has 21 heavy (non-hydrogen) atoms. The average Bonchev–Trinajstić information content (AvgIpc) is 2.48. The molecule has 0 saturated carbocycles. The van der Waals surface area contributed by atoms with Crippen molar-refractivity contribution in [2.45, 2.75) is 20.8 Å². The first kappa shape index (κ1) is 14.8. The number of nitrogens with zero attached hydrogens (tertiary/aromatic N) is 1. The quantitative estimate of drug-likeness (QED) is 0.662. The van der Waals surface area contributed by atoms with E-state index >= 15 is 0 Å². The summed E-state index contributed by atoms with van der Waals surface area (Å²) in [6.45, 7) is 5.62. The number of allylic oxidation sites excluding steroid dienone is 3. The van der Waals surface area contributed by atoms with Gasteiger partial charge in [-0.3, -0.25) is 10.3 Å². The summed E-state index contributed by atoms with van der Waals surface area (Å²) in [4.78, 5) is 16.2. The third-order valence-corrected chi connectivity index (χ3v) is 3.07. The lowest BCUT2D eigenvalue weighted by molar-refractivity contribution is 0.194. The largest absolute Gasteiger partial charge is 0.417 e. The van der Waals surface area contributed by atoms with Gasteiger partial charge in [0.05, 0.1) is 5.69 Å². The van der Waals surface area contributed by atoms with Crippen LogP contribution in [-0.4, -0.2) is 11.1 Å². The number of pyridine rings is 1. The fourth-order valence-electron chi connectivity index (χ4n) is 2.06. The number of ether oxygens (including phenoxy) is 1. The van der Waals surface area contributed by atoms with Gasteiger partial charge in [-0.05, 0) is 45.1 Å². The van der Waals surface area contributed by atoms with E-state index in [0.29, 0.717) is 11.4 Å². The van der Waals surface area contributed by atoms with Gasteiger partial charge in [0.2, 0.25) is 0 Å². The molecule has 1 N–H and O–H groups in total. The SMILES string of the molecule is C/C=C\C(=C/C)OC(=O)Nc1cccc2c(C)nccc12. The molecule has 0 spiro atoms. The van der Waals surface area contributed by atoms with Gasteiger partial charge in [0.1, 0.15) is 5.76 Å². The number of carbonyl (C=O) groups excluding carboxylic acids is 1. The van der Waals surface area contributed by atoms with Crippen molar-refractivity contribution in [3.8, 4) is 0 Å². The summed E-state index contributed by atoms with van der Waals surface area (Å²) in [5.41, 5.74) is 1.63. The number of fused-ring (bicyclic) bond motifs is 1. The molecular formula is C17H18N2O2. The molecule has 2 aromatic rings. The average molecular weight is 282 g/mol. The van der Waals surface area contributed by atoms with Crippen LogP contribution in [0.1, 0.15) is 19.5 Å². The maximum absolute atomic E-state index is 12.0. The number of nitrogens with one attached hydrogen (secondary N) is 1. The molecule has 0 unspecified atom stereocenters. The smallest absolute Gasteiger partial charge is 0.410 e. The molecular weight excluding hydrogens is 264 g/mol. The number of rotatable bonds is 3. The lowest BCUT2D eigenvalue weighted by atomic mass is 10.1. The van der Waals surface area contributed by atoms with E-state index in [0.717, 1.165) is 16.5 Å². The van der Waals surface area contributed by atoms with Crippen LogP contribution in [0.3, 0.4) is 0 Å². The monoisotopic (exact) mass is 282 g/mol. The van der Waals surface area contributed by atoms with Crippen molar-refractivity contribution in [3.05, 3.63) is 60.1 Å². The Morgan fingerprint density at radius 3 is 2.76 bits per heavy atom. The van der Waals surface area contributed by atoms with Crippen LogP contribution in [-0.2, 0) is 4.74 Å². The van der Waals surface area contributed by atoms with Crippen molar-refractivity contribution in [2.75, 3.05) is 5.32 Å². The number of hydrogen-bond acceptors (Lipinski definition) is 3. The number of benzene rings is 1. The number of carbonyl (C=O) groups is 1. The molecule has 4 heteroatoms. The first-order chi connectivity index (χ1) is 10.2. The Labute approximate surface area is 124 Å². The minimum absolute atomic E-state index is 0.507. The highest BCUT2D eigenvalue weighted by Gasteiger charge is 2.08. The normalized spacial score (nSPS) is 11.9. The number of aryl methyl sites for hydroxylation is 1. The van der Waals surface area contributed by atoms with Gasteiger partial charge in [-0.25, -0.2) is 4.79 Å². The molecule has 4 nitrogen and oxygen atoms in total. The third kappa shape index (κ3) is 3.48. The van der Waals surface area contributed by atoms with Crippen molar-refractivity contribution in [1.82, 2.24) is 4.98 Å². The van der Waals surface area contributed by atoms with Crippen LogP contribution >= 0.6 is 0 Å². The van der Waals surface area contributed by atoms with Crippen LogP contribution in [0.15, 0.2) is 54.4 Å². The lowest BCUT2D eigenvalue weighted by Crippen LogP contribution is -2.13. The van der Waals surface area contributed by atoms with Crippen LogP contribution in [0.25, 0.3) is 10.8 Å². The zero-order valence-corrected chi connectivity index (χ0v) is 12.4. The molecule has 0 radical (unpaired) electrons. The number of hydrogen-bond donors (Lipinski definition) is 1. The van der Waals surface area contributed by atoms with E-state index in [1.54, 1.807) is 18.3 Å². The molecule has 1 aromatic heterocycles. The van der Waals surface area contributed by atoms with Gasteiger partial charge in [0, 0.05) is 22.7 Å². The van der Waals surface area contributed by atoms with Crippen LogP contribution < -0.4 is 5.32 Å². The molecule has 0 saturated heterocycles. The lowest BCUT2D eigenvalue weighted by Gasteiger charge is -2.10. The summed E-state index contributed by atoms with van der Waals surface area (Å²) < 4.78 is 5.23. The van der Waals surface area contributed by atoms with Crippen LogP contribution in [0.5, 0.6) is 0 Å². The van der Waals surface area contributed by atoms with Crippen molar-refractivity contribution in [2.24, 2.45) is 0 Å². The van der Waals surface area contributed by atoms with Gasteiger partial charge in [-0.2, -0.15) is 0 Å². The second kappa shape index (κ2) is 6.70. The Balaban J connectivity index is 2.24. The van der Waals surface area contributed by atoms with Crippen molar-refractivity contribution < 1.29 is 9.53 Å². The van der Waals surface area contributed by atoms with Gasteiger partial charge in [-0.15, -0.1) is 0 Å². The summed E-state index contributed by atoms with van der Waals surface area (Å²) in [5.74, 6) is 0.507. The Bertz CT molecular complexity index is 718. The Kier molecular flexibility index (Phi) is 4.72. The van der Waals surface area contributed by atoms with Crippen LogP contribution in [0.2, 0.25) is 0 Å². The Morgan fingerprint density at radius 1 is 1.24 bits per heavy atom. The zero-order chi connectivity index (χ0) is 15.2. The summed E-state index contributed by atoms with van der Waals surface area (Å²) in [5, 5.41) is 4.72. The van der Waals surface area contributed by atoms with Gasteiger partial charge in [-0.1, -0.05) is 18.2 Å². The molecule has 1 heterocycles. The molecule has 0 aliphatic rings. The van der Waals surface area contributed by atoms with E-state index in [1.807, 2.05) is 51.1 Å². The van der Waals surface area contributed by atoms with Crippen molar-refractivity contribution in [3.63, 3.8) is 0 Å². The number of aromatic nitrogens is 1. The van der Waals surface area contributed by atoms with Gasteiger partial charge >= 0.3 is 6.09 Å². The first-order valence-electron chi connectivity index (χ1n) is 6.78. The second-order valence-electron chi connectivity index (χ2n) is 4.50. The number of anilines is 1. The topological polar surface area (TPSA) is 51.2 Å². The summed E-state index contributed by atoms with van der Waals surface area (Å²) in [6.07, 6.45) is 6.50. The molecule has 1 aromatic carbocycles. The zero-order valence-electron chi connectivity index (χ0n) is 12.4. The summed E-state index contributed by atoms with van der Waals surface area (Å²) in [6, 6.07) is 7.58. The fourth-order valence-corrected chi connectivity index (χ4v) is 2.06. The molecule has 0 atom stereocenters. The fraction of sp³-hybridized carbons (Fsp3) is 0.176. The van der Waals surface area contributed by atoms with Gasteiger partial charge in [0.25, 0.3) is 0 Å². The highest BCUT2D eigenvalue weighted by molar-refractivity contribution is 6.00. The molecule has 108 valence electrons. The Hall–Kier alpha value is -2.62. The van der Waals surface area contributed by atoms with Gasteiger partial charge in [0.15, 0.2) is 0 Å². The van der Waals surface area contributed by atoms with Crippen molar-refractivity contribution in [1.29, 1.82) is 0 Å². The standard InChI is InChI=1S/C17H18N2O2/c1-4-7-13(5-2)21-17(20)19-16-9-6-8-14-12(3)18-11-10-15(14)16/h4-11H,1-3H3,(H,19,20)/b7-4-,13-5+. The third-order valence-electron chi connectivity index (χ3n) is 3.07. The first-order valence-corrected chi connectivity index (χ1v) is 6.78. The summed E-state index contributed by atoms with van der Waals surface area (Å²) in [7, 11) is 0. The highest BCUT2D eigenvalue weighted by Crippen LogP contribution is 2.24. The summed E-state index contributed by atoms with van der Waals surface area (Å²) >= 11 is 0. The Morgan fingerprint density at radius 2 is 2.05 bits per heavy atom. The minimum Gasteiger partial charge on any atom is -0.410 e. The van der Waals surface area contributed by atoms with E-state index in [-0.39, 0.29) is 0 Å². The van der Waals surface area contributed by atoms with E-state index in [9.17, 15) is 4.79 Å². The minimum atomic E-state index is -0.511. The van der Waals surface area contributed by atoms with E-state index < -0.39 is 6.09 Å². The van der Waals surface area contributed by atoms with E-state index in [4.69, 9.17) is 4.74 Å². The van der Waals surface area contributed by atoms with E-state index in [2.05, 4.69) is 10.3 Å². The maximum Gasteiger partial charge on any atom is 0.417 e.